The van der Waals surface area contributed by atoms with E-state index >= 15 is 0 Å². The quantitative estimate of drug-likeness (QED) is 0.0263. The van der Waals surface area contributed by atoms with Crippen molar-refractivity contribution in [3.63, 3.8) is 0 Å². The van der Waals surface area contributed by atoms with Gasteiger partial charge >= 0.3 is 17.9 Å². The second-order valence-corrected chi connectivity index (χ2v) is 16.4. The lowest BCUT2D eigenvalue weighted by molar-refractivity contribution is -0.166. The van der Waals surface area contributed by atoms with Crippen LogP contribution in [-0.4, -0.2) is 37.2 Å². The largest absolute Gasteiger partial charge is 0.462 e. The molecule has 1 unspecified atom stereocenters. The third kappa shape index (κ3) is 47.5. The minimum atomic E-state index is -0.833. The highest BCUT2D eigenvalue weighted by Gasteiger charge is 2.19. The van der Waals surface area contributed by atoms with Gasteiger partial charge in [-0.2, -0.15) is 0 Å². The zero-order chi connectivity index (χ0) is 44.4. The van der Waals surface area contributed by atoms with Crippen molar-refractivity contribution in [2.75, 3.05) is 13.2 Å². The molecular formula is C55H92O6. The van der Waals surface area contributed by atoms with Gasteiger partial charge in [0.15, 0.2) is 6.10 Å². The summed E-state index contributed by atoms with van der Waals surface area (Å²) in [4.78, 5) is 37.7. The SMILES string of the molecule is CC/C=C\C/C=C\C/C=C\CC(=O)OCC(COC(=O)CCC/C=C\C/C=C\C/C=C\CCCCCCCC)OC(=O)CCCCCCCCC/C=C\CCCCCCCC. The van der Waals surface area contributed by atoms with Crippen LogP contribution >= 0.6 is 0 Å². The Bertz CT molecular complexity index is 1200. The molecule has 0 rings (SSSR count). The molecule has 61 heavy (non-hydrogen) atoms. The molecule has 0 fully saturated rings. The average molecular weight is 849 g/mol. The number of esters is 3. The third-order valence-corrected chi connectivity index (χ3v) is 10.4. The molecule has 348 valence electrons. The van der Waals surface area contributed by atoms with Crippen LogP contribution < -0.4 is 0 Å². The van der Waals surface area contributed by atoms with Crippen LogP contribution in [0.25, 0.3) is 0 Å². The van der Waals surface area contributed by atoms with Crippen LogP contribution in [0.5, 0.6) is 0 Å². The number of carbonyl (C=O) groups excluding carboxylic acids is 3. The molecule has 6 heteroatoms. The average Bonchev–Trinajstić information content (AvgIpc) is 3.26. The van der Waals surface area contributed by atoms with E-state index in [1.54, 1.807) is 6.08 Å². The van der Waals surface area contributed by atoms with Crippen molar-refractivity contribution in [1.82, 2.24) is 0 Å². The van der Waals surface area contributed by atoms with Crippen LogP contribution in [0.15, 0.2) is 85.1 Å². The highest BCUT2D eigenvalue weighted by atomic mass is 16.6. The molecule has 0 aromatic heterocycles. The van der Waals surface area contributed by atoms with Gasteiger partial charge in [0.1, 0.15) is 13.2 Å². The van der Waals surface area contributed by atoms with Gasteiger partial charge in [0, 0.05) is 12.8 Å². The van der Waals surface area contributed by atoms with Crippen molar-refractivity contribution in [2.45, 2.75) is 232 Å². The first-order valence-corrected chi connectivity index (χ1v) is 25.1. The van der Waals surface area contributed by atoms with Crippen LogP contribution in [0, 0.1) is 0 Å². The number of carbonyl (C=O) groups is 3. The molecule has 0 bridgehead atoms. The van der Waals surface area contributed by atoms with Crippen LogP contribution in [0.4, 0.5) is 0 Å². The Morgan fingerprint density at radius 2 is 0.721 bits per heavy atom. The minimum Gasteiger partial charge on any atom is -0.462 e. The van der Waals surface area contributed by atoms with Gasteiger partial charge < -0.3 is 14.2 Å². The standard InChI is InChI=1S/C55H92O6/c1-4-7-10-13-16-19-21-23-25-27-29-31-33-36-39-42-45-48-54(57)60-51-52(50-59-53(56)47-44-41-38-35-18-15-12-9-6-3)61-55(58)49-46-43-40-37-34-32-30-28-26-24-22-20-17-14-11-8-5-2/h9,12,18,23-26,29,31,35-36,39,41,44,52H,4-8,10-11,13-17,19-22,27-28,30,32-34,37-38,40,42-43,45-51H2,1-3H3/b12-9-,25-23-,26-24-,31-29-,35-18-,39-36-,44-41-. The number of unbranched alkanes of at least 4 members (excludes halogenated alkanes) is 20. The van der Waals surface area contributed by atoms with Gasteiger partial charge in [-0.3, -0.25) is 14.4 Å². The highest BCUT2D eigenvalue weighted by molar-refractivity contribution is 5.72. The lowest BCUT2D eigenvalue weighted by atomic mass is 10.1. The molecule has 0 saturated heterocycles. The smallest absolute Gasteiger partial charge is 0.309 e. The zero-order valence-electron chi connectivity index (χ0n) is 39.7. The Balaban J connectivity index is 4.46. The van der Waals surface area contributed by atoms with E-state index in [4.69, 9.17) is 14.2 Å². The summed E-state index contributed by atoms with van der Waals surface area (Å²) < 4.78 is 16.6. The molecule has 0 aliphatic heterocycles. The zero-order valence-corrected chi connectivity index (χ0v) is 39.7. The number of allylic oxidation sites excluding steroid dienone is 13. The monoisotopic (exact) mass is 849 g/mol. The maximum absolute atomic E-state index is 12.8. The Morgan fingerprint density at radius 1 is 0.361 bits per heavy atom. The first-order chi connectivity index (χ1) is 30.0. The van der Waals surface area contributed by atoms with Gasteiger partial charge in [-0.05, 0) is 89.9 Å². The van der Waals surface area contributed by atoms with Gasteiger partial charge in [0.2, 0.25) is 0 Å². The molecule has 1 atom stereocenters. The van der Waals surface area contributed by atoms with E-state index < -0.39 is 12.1 Å². The Hall–Kier alpha value is -3.41. The molecule has 0 aliphatic rings. The molecule has 0 spiro atoms. The summed E-state index contributed by atoms with van der Waals surface area (Å²) >= 11 is 0. The van der Waals surface area contributed by atoms with Crippen LogP contribution in [0.3, 0.4) is 0 Å². The molecular weight excluding hydrogens is 757 g/mol. The normalized spacial score (nSPS) is 12.8. The maximum Gasteiger partial charge on any atom is 0.309 e. The lowest BCUT2D eigenvalue weighted by Crippen LogP contribution is -2.30. The van der Waals surface area contributed by atoms with E-state index in [2.05, 4.69) is 93.7 Å². The number of ether oxygens (including phenoxy) is 3. The van der Waals surface area contributed by atoms with Gasteiger partial charge in [-0.15, -0.1) is 0 Å². The summed E-state index contributed by atoms with van der Waals surface area (Å²) in [5, 5.41) is 0. The molecule has 0 N–H and O–H groups in total. The topological polar surface area (TPSA) is 78.9 Å². The summed E-state index contributed by atoms with van der Waals surface area (Å²) in [5.74, 6) is -1.11. The van der Waals surface area contributed by atoms with Crippen molar-refractivity contribution >= 4 is 17.9 Å². The van der Waals surface area contributed by atoms with E-state index in [1.165, 1.54) is 122 Å². The first kappa shape index (κ1) is 57.6. The summed E-state index contributed by atoms with van der Waals surface area (Å²) in [6.07, 6.45) is 63.3. The summed E-state index contributed by atoms with van der Waals surface area (Å²) in [6, 6.07) is 0. The fraction of sp³-hybridized carbons (Fsp3) is 0.691. The maximum atomic E-state index is 12.8. The fourth-order valence-electron chi connectivity index (χ4n) is 6.63. The summed E-state index contributed by atoms with van der Waals surface area (Å²) in [5.41, 5.74) is 0. The van der Waals surface area contributed by atoms with Crippen LogP contribution in [-0.2, 0) is 28.6 Å². The van der Waals surface area contributed by atoms with Gasteiger partial charge in [-0.25, -0.2) is 0 Å². The van der Waals surface area contributed by atoms with Gasteiger partial charge in [0.25, 0.3) is 0 Å². The van der Waals surface area contributed by atoms with Crippen LogP contribution in [0.1, 0.15) is 226 Å². The van der Waals surface area contributed by atoms with Crippen LogP contribution in [0.2, 0.25) is 0 Å². The second kappa shape index (κ2) is 49.2. The number of hydrogen-bond acceptors (Lipinski definition) is 6. The van der Waals surface area contributed by atoms with Crippen molar-refractivity contribution in [1.29, 1.82) is 0 Å². The predicted molar refractivity (Wildman–Crippen MR) is 261 cm³/mol. The Labute approximate surface area is 375 Å². The number of hydrogen-bond donors (Lipinski definition) is 0. The van der Waals surface area contributed by atoms with Gasteiger partial charge in [0.05, 0.1) is 6.42 Å². The summed E-state index contributed by atoms with van der Waals surface area (Å²) in [7, 11) is 0. The summed E-state index contributed by atoms with van der Waals surface area (Å²) in [6.45, 7) is 6.36. The van der Waals surface area contributed by atoms with Crippen molar-refractivity contribution in [3.8, 4) is 0 Å². The van der Waals surface area contributed by atoms with E-state index in [0.717, 1.165) is 57.8 Å². The molecule has 6 nitrogen and oxygen atoms in total. The van der Waals surface area contributed by atoms with E-state index in [1.807, 2.05) is 6.08 Å². The Kier molecular flexibility index (Phi) is 46.5. The predicted octanol–water partition coefficient (Wildman–Crippen LogP) is 16.4. The molecule has 0 aliphatic carbocycles. The second-order valence-electron chi connectivity index (χ2n) is 16.4. The number of rotatable bonds is 44. The molecule has 0 aromatic carbocycles. The van der Waals surface area contributed by atoms with Gasteiger partial charge in [-0.1, -0.05) is 202 Å². The van der Waals surface area contributed by atoms with Crippen molar-refractivity contribution in [3.05, 3.63) is 85.1 Å². The van der Waals surface area contributed by atoms with E-state index in [0.29, 0.717) is 12.8 Å². The highest BCUT2D eigenvalue weighted by Crippen LogP contribution is 2.13. The fourth-order valence-corrected chi connectivity index (χ4v) is 6.63. The molecule has 0 radical (unpaired) electrons. The van der Waals surface area contributed by atoms with Crippen molar-refractivity contribution in [2.24, 2.45) is 0 Å². The molecule has 0 saturated carbocycles. The van der Waals surface area contributed by atoms with E-state index in [-0.39, 0.29) is 38.0 Å². The Morgan fingerprint density at radius 3 is 1.21 bits per heavy atom. The molecule has 0 amide bonds. The van der Waals surface area contributed by atoms with Crippen molar-refractivity contribution < 1.29 is 28.6 Å². The lowest BCUT2D eigenvalue weighted by Gasteiger charge is -2.18. The third-order valence-electron chi connectivity index (χ3n) is 10.4. The molecule has 0 heterocycles. The first-order valence-electron chi connectivity index (χ1n) is 25.1. The molecule has 0 aromatic rings. The van der Waals surface area contributed by atoms with E-state index in [9.17, 15) is 14.4 Å². The minimum absolute atomic E-state index is 0.125.